The lowest BCUT2D eigenvalue weighted by Gasteiger charge is -2.39. The van der Waals surface area contributed by atoms with Crippen LogP contribution in [0.3, 0.4) is 0 Å². The van der Waals surface area contributed by atoms with E-state index in [1.54, 1.807) is 0 Å². The minimum Gasteiger partial charge on any atom is -0.313 e. The van der Waals surface area contributed by atoms with Crippen LogP contribution in [0.25, 0.3) is 0 Å². The molecule has 20 heavy (non-hydrogen) atoms. The van der Waals surface area contributed by atoms with Crippen LogP contribution in [0.4, 0.5) is 0 Å². The summed E-state index contributed by atoms with van der Waals surface area (Å²) in [5, 5.41) is 3.76. The molecule has 2 aliphatic rings. The lowest BCUT2D eigenvalue weighted by molar-refractivity contribution is 0.115. The molecule has 1 heterocycles. The molecule has 1 aliphatic heterocycles. The van der Waals surface area contributed by atoms with Gasteiger partial charge in [0.05, 0.1) is 0 Å². The van der Waals surface area contributed by atoms with Crippen molar-refractivity contribution < 1.29 is 0 Å². The van der Waals surface area contributed by atoms with E-state index in [4.69, 9.17) is 0 Å². The SMILES string of the molecule is CCNC(CN(C)C1CCN(CC)CC1)C1CCCC1. The van der Waals surface area contributed by atoms with Crippen LogP contribution in [-0.4, -0.2) is 61.7 Å². The van der Waals surface area contributed by atoms with Gasteiger partial charge in [0.1, 0.15) is 0 Å². The van der Waals surface area contributed by atoms with Crippen LogP contribution in [0, 0.1) is 5.92 Å². The van der Waals surface area contributed by atoms with Crippen molar-refractivity contribution in [1.29, 1.82) is 0 Å². The number of rotatable bonds is 7. The second-order valence-corrected chi connectivity index (χ2v) is 6.81. The minimum absolute atomic E-state index is 0.719. The molecule has 2 fully saturated rings. The summed E-state index contributed by atoms with van der Waals surface area (Å²) in [6.45, 7) is 10.7. The molecule has 0 amide bonds. The number of hydrogen-bond donors (Lipinski definition) is 1. The van der Waals surface area contributed by atoms with Crippen molar-refractivity contribution in [1.82, 2.24) is 15.1 Å². The van der Waals surface area contributed by atoms with E-state index in [2.05, 4.69) is 36.0 Å². The molecule has 1 aliphatic carbocycles. The zero-order valence-corrected chi connectivity index (χ0v) is 13.9. The van der Waals surface area contributed by atoms with Crippen LogP contribution < -0.4 is 5.32 Å². The maximum absolute atomic E-state index is 3.76. The van der Waals surface area contributed by atoms with Crippen molar-refractivity contribution in [3.05, 3.63) is 0 Å². The zero-order valence-electron chi connectivity index (χ0n) is 13.9. The van der Waals surface area contributed by atoms with Gasteiger partial charge in [-0.1, -0.05) is 26.7 Å². The topological polar surface area (TPSA) is 18.5 Å². The van der Waals surface area contributed by atoms with Crippen LogP contribution in [-0.2, 0) is 0 Å². The van der Waals surface area contributed by atoms with E-state index in [1.165, 1.54) is 64.7 Å². The summed E-state index contributed by atoms with van der Waals surface area (Å²) < 4.78 is 0. The molecule has 0 aromatic rings. The van der Waals surface area contributed by atoms with Gasteiger partial charge in [-0.25, -0.2) is 0 Å². The summed E-state index contributed by atoms with van der Waals surface area (Å²) in [5.74, 6) is 0.924. The lowest BCUT2D eigenvalue weighted by Crippen LogP contribution is -2.49. The fourth-order valence-electron chi connectivity index (χ4n) is 4.14. The van der Waals surface area contributed by atoms with Crippen LogP contribution in [0.1, 0.15) is 52.4 Å². The molecule has 0 bridgehead atoms. The first-order valence-electron chi connectivity index (χ1n) is 8.90. The summed E-state index contributed by atoms with van der Waals surface area (Å²) in [5.41, 5.74) is 0. The van der Waals surface area contributed by atoms with Crippen LogP contribution >= 0.6 is 0 Å². The third-order valence-corrected chi connectivity index (χ3v) is 5.55. The molecule has 3 heteroatoms. The summed E-state index contributed by atoms with van der Waals surface area (Å²) in [6, 6.07) is 1.53. The molecule has 0 spiro atoms. The van der Waals surface area contributed by atoms with Crippen molar-refractivity contribution in [2.24, 2.45) is 5.92 Å². The van der Waals surface area contributed by atoms with Crippen molar-refractivity contribution >= 4 is 0 Å². The van der Waals surface area contributed by atoms with Gasteiger partial charge in [-0.2, -0.15) is 0 Å². The average Bonchev–Trinajstić information content (AvgIpc) is 3.01. The van der Waals surface area contributed by atoms with Crippen molar-refractivity contribution in [3.8, 4) is 0 Å². The second-order valence-electron chi connectivity index (χ2n) is 6.81. The van der Waals surface area contributed by atoms with E-state index in [0.29, 0.717) is 0 Å². The highest BCUT2D eigenvalue weighted by Gasteiger charge is 2.28. The van der Waals surface area contributed by atoms with E-state index in [0.717, 1.165) is 24.5 Å². The predicted octanol–water partition coefficient (Wildman–Crippen LogP) is 2.57. The Balaban J connectivity index is 1.80. The number of likely N-dealkylation sites (tertiary alicyclic amines) is 1. The smallest absolute Gasteiger partial charge is 0.0223 e. The maximum Gasteiger partial charge on any atom is 0.0223 e. The largest absolute Gasteiger partial charge is 0.313 e. The van der Waals surface area contributed by atoms with Gasteiger partial charge in [-0.15, -0.1) is 0 Å². The minimum atomic E-state index is 0.719. The molecule has 0 radical (unpaired) electrons. The Hall–Kier alpha value is -0.120. The summed E-state index contributed by atoms with van der Waals surface area (Å²) in [4.78, 5) is 5.24. The van der Waals surface area contributed by atoms with Gasteiger partial charge in [0.15, 0.2) is 0 Å². The van der Waals surface area contributed by atoms with Gasteiger partial charge in [-0.3, -0.25) is 0 Å². The third-order valence-electron chi connectivity index (χ3n) is 5.55. The lowest BCUT2D eigenvalue weighted by atomic mass is 9.96. The predicted molar refractivity (Wildman–Crippen MR) is 87.2 cm³/mol. The van der Waals surface area contributed by atoms with Gasteiger partial charge in [0, 0.05) is 18.6 Å². The molecule has 118 valence electrons. The first-order valence-corrected chi connectivity index (χ1v) is 8.90. The Morgan fingerprint density at radius 1 is 1.10 bits per heavy atom. The quantitative estimate of drug-likeness (QED) is 0.774. The van der Waals surface area contributed by atoms with Crippen molar-refractivity contribution in [3.63, 3.8) is 0 Å². The normalized spacial score (nSPS) is 24.6. The average molecular weight is 281 g/mol. The fraction of sp³-hybridized carbons (Fsp3) is 1.00. The molecule has 1 saturated heterocycles. The van der Waals surface area contributed by atoms with E-state index in [1.807, 2.05) is 0 Å². The number of hydrogen-bond acceptors (Lipinski definition) is 3. The van der Waals surface area contributed by atoms with Crippen LogP contribution in [0.15, 0.2) is 0 Å². The highest BCUT2D eigenvalue weighted by Crippen LogP contribution is 2.28. The Morgan fingerprint density at radius 2 is 1.75 bits per heavy atom. The van der Waals surface area contributed by atoms with E-state index < -0.39 is 0 Å². The van der Waals surface area contributed by atoms with E-state index in [9.17, 15) is 0 Å². The molecule has 2 rings (SSSR count). The summed E-state index contributed by atoms with van der Waals surface area (Å²) in [7, 11) is 2.35. The molecular weight excluding hydrogens is 246 g/mol. The highest BCUT2D eigenvalue weighted by atomic mass is 15.2. The Morgan fingerprint density at radius 3 is 2.30 bits per heavy atom. The molecule has 1 atom stereocenters. The zero-order chi connectivity index (χ0) is 14.4. The molecular formula is C17H35N3. The molecule has 0 aromatic carbocycles. The summed E-state index contributed by atoms with van der Waals surface area (Å²) in [6.07, 6.45) is 8.50. The second kappa shape index (κ2) is 8.35. The van der Waals surface area contributed by atoms with Gasteiger partial charge in [0.25, 0.3) is 0 Å². The number of likely N-dealkylation sites (N-methyl/N-ethyl adjacent to an activating group) is 2. The van der Waals surface area contributed by atoms with Gasteiger partial charge in [0.2, 0.25) is 0 Å². The standard InChI is InChI=1S/C17H35N3/c1-4-18-17(15-8-6-7-9-15)14-19(3)16-10-12-20(5-2)13-11-16/h15-18H,4-14H2,1-3H3. The molecule has 3 nitrogen and oxygen atoms in total. The first-order chi connectivity index (χ1) is 9.74. The van der Waals surface area contributed by atoms with Crippen LogP contribution in [0.2, 0.25) is 0 Å². The maximum atomic E-state index is 3.76. The van der Waals surface area contributed by atoms with E-state index in [-0.39, 0.29) is 0 Å². The molecule has 1 N–H and O–H groups in total. The van der Waals surface area contributed by atoms with Crippen LogP contribution in [0.5, 0.6) is 0 Å². The fourth-order valence-corrected chi connectivity index (χ4v) is 4.14. The van der Waals surface area contributed by atoms with E-state index >= 15 is 0 Å². The monoisotopic (exact) mass is 281 g/mol. The number of piperidine rings is 1. The molecule has 1 saturated carbocycles. The van der Waals surface area contributed by atoms with Gasteiger partial charge < -0.3 is 15.1 Å². The summed E-state index contributed by atoms with van der Waals surface area (Å²) >= 11 is 0. The third kappa shape index (κ3) is 4.44. The molecule has 1 unspecified atom stereocenters. The van der Waals surface area contributed by atoms with Gasteiger partial charge in [-0.05, 0) is 64.8 Å². The highest BCUT2D eigenvalue weighted by molar-refractivity contribution is 4.85. The Labute approximate surface area is 126 Å². The van der Waals surface area contributed by atoms with Crippen molar-refractivity contribution in [2.45, 2.75) is 64.5 Å². The number of nitrogens with zero attached hydrogens (tertiary/aromatic N) is 2. The number of nitrogens with one attached hydrogen (secondary N) is 1. The van der Waals surface area contributed by atoms with Crippen molar-refractivity contribution in [2.75, 3.05) is 39.8 Å². The first kappa shape index (κ1) is 16.3. The Bertz CT molecular complexity index is 255. The van der Waals surface area contributed by atoms with Gasteiger partial charge >= 0.3 is 0 Å². The Kier molecular flexibility index (Phi) is 6.79. The molecule has 0 aromatic heterocycles.